The maximum atomic E-state index is 12.4. The summed E-state index contributed by atoms with van der Waals surface area (Å²) in [7, 11) is 4.88. The molecule has 36 heavy (non-hydrogen) atoms. The van der Waals surface area contributed by atoms with E-state index in [-0.39, 0.29) is 5.56 Å². The molecule has 1 N–H and O–H groups in total. The van der Waals surface area contributed by atoms with Gasteiger partial charge >= 0.3 is 0 Å². The summed E-state index contributed by atoms with van der Waals surface area (Å²) < 4.78 is 17.5. The lowest BCUT2D eigenvalue weighted by Gasteiger charge is -2.11. The van der Waals surface area contributed by atoms with Crippen LogP contribution >= 0.6 is 15.9 Å². The predicted molar refractivity (Wildman–Crippen MR) is 144 cm³/mol. The molecule has 0 bridgehead atoms. The van der Waals surface area contributed by atoms with Gasteiger partial charge < -0.3 is 19.5 Å². The molecule has 2 aromatic heterocycles. The lowest BCUT2D eigenvalue weighted by molar-refractivity contribution is 0.278. The molecule has 1 fully saturated rings. The SMILES string of the molecule is CC#CCBr.COc1ccc(CNc2cc(OCC3CC3c3ccc(OC)cn3)nn(C)c2=O)cc1. The lowest BCUT2D eigenvalue weighted by atomic mass is 10.2. The van der Waals surface area contributed by atoms with Gasteiger partial charge in [0.15, 0.2) is 0 Å². The molecule has 4 rings (SSSR count). The smallest absolute Gasteiger partial charge is 0.290 e. The molecule has 3 aromatic rings. The van der Waals surface area contributed by atoms with Crippen molar-refractivity contribution in [3.05, 3.63) is 70.3 Å². The Bertz CT molecular complexity index is 1230. The number of aryl methyl sites for hydroxylation is 1. The number of methoxy groups -OCH3 is 2. The molecule has 1 aromatic carbocycles. The fourth-order valence-corrected chi connectivity index (χ4v) is 3.78. The standard InChI is InChI=1S/C23H26N4O4.C4H5Br/c1-27-23(28)21(24-12-15-4-6-17(29-2)7-5-15)11-22(26-27)31-14-16-10-19(16)20-9-8-18(30-3)13-25-20;1-2-3-4-5/h4-9,11,13,16,19,24H,10,12,14H2,1-3H3;4H2,1H3. The molecule has 190 valence electrons. The van der Waals surface area contributed by atoms with Gasteiger partial charge in [-0.3, -0.25) is 9.78 Å². The number of rotatable bonds is 9. The number of anilines is 1. The second-order valence-electron chi connectivity index (χ2n) is 8.12. The highest BCUT2D eigenvalue weighted by Gasteiger charge is 2.40. The third-order valence-electron chi connectivity index (χ3n) is 5.67. The fourth-order valence-electron chi connectivity index (χ4n) is 3.50. The molecule has 1 saturated carbocycles. The van der Waals surface area contributed by atoms with Crippen LogP contribution < -0.4 is 25.1 Å². The first kappa shape index (κ1) is 27.1. The maximum absolute atomic E-state index is 12.4. The van der Waals surface area contributed by atoms with Crippen molar-refractivity contribution in [2.24, 2.45) is 13.0 Å². The monoisotopic (exact) mass is 554 g/mol. The number of ether oxygens (including phenoxy) is 3. The molecule has 1 aliphatic rings. The summed E-state index contributed by atoms with van der Waals surface area (Å²) >= 11 is 3.14. The van der Waals surface area contributed by atoms with Crippen molar-refractivity contribution < 1.29 is 14.2 Å². The number of nitrogens with zero attached hydrogens (tertiary/aromatic N) is 3. The average molecular weight is 555 g/mol. The summed E-state index contributed by atoms with van der Waals surface area (Å²) in [6.07, 6.45) is 2.76. The zero-order chi connectivity index (χ0) is 25.9. The molecule has 2 heterocycles. The Kier molecular flexibility index (Phi) is 10.2. The van der Waals surface area contributed by atoms with E-state index in [4.69, 9.17) is 14.2 Å². The van der Waals surface area contributed by atoms with E-state index in [1.54, 1.807) is 33.5 Å². The number of nitrogens with one attached hydrogen (secondary N) is 1. The van der Waals surface area contributed by atoms with Crippen LogP contribution in [0.1, 0.15) is 30.5 Å². The van der Waals surface area contributed by atoms with E-state index >= 15 is 0 Å². The lowest BCUT2D eigenvalue weighted by Crippen LogP contribution is -2.24. The minimum Gasteiger partial charge on any atom is -0.497 e. The topological polar surface area (TPSA) is 87.5 Å². The van der Waals surface area contributed by atoms with Crippen LogP contribution in [0.4, 0.5) is 5.69 Å². The van der Waals surface area contributed by atoms with E-state index in [9.17, 15) is 4.79 Å². The van der Waals surface area contributed by atoms with Gasteiger partial charge in [-0.1, -0.05) is 34.0 Å². The summed E-state index contributed by atoms with van der Waals surface area (Å²) in [6, 6.07) is 13.3. The third kappa shape index (κ3) is 7.75. The summed E-state index contributed by atoms with van der Waals surface area (Å²) in [6.45, 7) is 2.86. The summed E-state index contributed by atoms with van der Waals surface area (Å²) in [4.78, 5) is 16.9. The summed E-state index contributed by atoms with van der Waals surface area (Å²) in [5.41, 5.74) is 2.33. The first-order valence-electron chi connectivity index (χ1n) is 11.5. The van der Waals surface area contributed by atoms with Crippen molar-refractivity contribution in [3.63, 3.8) is 0 Å². The molecular weight excluding hydrogens is 524 g/mol. The van der Waals surface area contributed by atoms with E-state index in [1.165, 1.54) is 4.68 Å². The Hall–Kier alpha value is -3.51. The average Bonchev–Trinajstić information content (AvgIpc) is 3.69. The predicted octanol–water partition coefficient (Wildman–Crippen LogP) is 4.39. The highest BCUT2D eigenvalue weighted by molar-refractivity contribution is 9.09. The van der Waals surface area contributed by atoms with E-state index in [2.05, 4.69) is 43.2 Å². The molecular formula is C27H31BrN4O4. The molecule has 8 nitrogen and oxygen atoms in total. The van der Waals surface area contributed by atoms with Crippen LogP contribution in [0.2, 0.25) is 0 Å². The number of benzene rings is 1. The second-order valence-corrected chi connectivity index (χ2v) is 8.68. The van der Waals surface area contributed by atoms with Crippen molar-refractivity contribution >= 4 is 21.6 Å². The largest absolute Gasteiger partial charge is 0.497 e. The number of alkyl halides is 1. The Morgan fingerprint density at radius 2 is 1.86 bits per heavy atom. The highest BCUT2D eigenvalue weighted by atomic mass is 79.9. The summed E-state index contributed by atoms with van der Waals surface area (Å²) in [5.74, 6) is 8.23. The number of hydrogen-bond acceptors (Lipinski definition) is 7. The Balaban J connectivity index is 0.000000658. The Labute approximate surface area is 220 Å². The van der Waals surface area contributed by atoms with Gasteiger partial charge in [-0.15, -0.1) is 11.0 Å². The number of pyridine rings is 1. The van der Waals surface area contributed by atoms with Gasteiger partial charge in [-0.2, -0.15) is 0 Å². The van der Waals surface area contributed by atoms with Gasteiger partial charge in [0.05, 0.1) is 32.4 Å². The quantitative estimate of drug-likeness (QED) is 0.310. The van der Waals surface area contributed by atoms with Crippen LogP contribution in [0, 0.1) is 17.8 Å². The van der Waals surface area contributed by atoms with Crippen molar-refractivity contribution in [1.82, 2.24) is 14.8 Å². The molecule has 0 amide bonds. The van der Waals surface area contributed by atoms with Gasteiger partial charge in [0, 0.05) is 37.2 Å². The van der Waals surface area contributed by atoms with E-state index < -0.39 is 0 Å². The molecule has 0 aliphatic heterocycles. The van der Waals surface area contributed by atoms with Gasteiger partial charge in [-0.05, 0) is 43.2 Å². The molecule has 0 radical (unpaired) electrons. The van der Waals surface area contributed by atoms with Crippen molar-refractivity contribution in [3.8, 4) is 29.2 Å². The molecule has 0 spiro atoms. The van der Waals surface area contributed by atoms with Gasteiger partial charge in [-0.25, -0.2) is 4.68 Å². The maximum Gasteiger partial charge on any atom is 0.290 e. The van der Waals surface area contributed by atoms with Crippen molar-refractivity contribution in [2.45, 2.75) is 25.8 Å². The minimum absolute atomic E-state index is 0.201. The Morgan fingerprint density at radius 3 is 2.44 bits per heavy atom. The zero-order valence-electron chi connectivity index (χ0n) is 21.0. The minimum atomic E-state index is -0.201. The Morgan fingerprint density at radius 1 is 1.14 bits per heavy atom. The number of hydrogen-bond donors (Lipinski definition) is 1. The van der Waals surface area contributed by atoms with Crippen LogP contribution in [-0.2, 0) is 13.6 Å². The van der Waals surface area contributed by atoms with Crippen LogP contribution in [0.15, 0.2) is 53.5 Å². The van der Waals surface area contributed by atoms with Crippen LogP contribution in [0.5, 0.6) is 17.4 Å². The normalized spacial score (nSPS) is 15.5. The number of aromatic nitrogens is 3. The highest BCUT2D eigenvalue weighted by Crippen LogP contribution is 2.46. The first-order chi connectivity index (χ1) is 17.5. The van der Waals surface area contributed by atoms with E-state index in [0.717, 1.165) is 34.5 Å². The number of halogens is 1. The van der Waals surface area contributed by atoms with Gasteiger partial charge in [0.2, 0.25) is 5.88 Å². The van der Waals surface area contributed by atoms with Gasteiger partial charge in [0.1, 0.15) is 17.2 Å². The molecule has 1 aliphatic carbocycles. The molecule has 0 saturated heterocycles. The van der Waals surface area contributed by atoms with E-state index in [1.807, 2.05) is 43.3 Å². The zero-order valence-corrected chi connectivity index (χ0v) is 22.5. The van der Waals surface area contributed by atoms with Crippen molar-refractivity contribution in [1.29, 1.82) is 0 Å². The molecule has 2 unspecified atom stereocenters. The van der Waals surface area contributed by atoms with Crippen LogP contribution in [-0.4, -0.2) is 40.9 Å². The fraction of sp³-hybridized carbons (Fsp3) is 0.370. The first-order valence-corrected chi connectivity index (χ1v) is 12.6. The van der Waals surface area contributed by atoms with Crippen molar-refractivity contribution in [2.75, 3.05) is 31.5 Å². The van der Waals surface area contributed by atoms with Gasteiger partial charge in [0.25, 0.3) is 5.56 Å². The van der Waals surface area contributed by atoms with E-state index in [0.29, 0.717) is 36.6 Å². The second kappa shape index (κ2) is 13.5. The summed E-state index contributed by atoms with van der Waals surface area (Å²) in [5, 5.41) is 8.20. The van der Waals surface area contributed by atoms with Crippen LogP contribution in [0.3, 0.4) is 0 Å². The third-order valence-corrected chi connectivity index (χ3v) is 5.95. The molecule has 2 atom stereocenters. The molecule has 9 heteroatoms. The van der Waals surface area contributed by atoms with Crippen LogP contribution in [0.25, 0.3) is 0 Å².